The van der Waals surface area contributed by atoms with Crippen LogP contribution in [0.15, 0.2) is 11.6 Å². The van der Waals surface area contributed by atoms with Crippen molar-refractivity contribution in [2.24, 2.45) is 28.6 Å². The van der Waals surface area contributed by atoms with Crippen molar-refractivity contribution in [3.8, 4) is 0 Å². The van der Waals surface area contributed by atoms with E-state index in [4.69, 9.17) is 4.74 Å². The number of ether oxygens (including phenoxy) is 1. The minimum absolute atomic E-state index is 0.119. The number of ketones is 1. The lowest BCUT2D eigenvalue weighted by atomic mass is 9.48. The molecule has 0 spiro atoms. The fourth-order valence-electron chi connectivity index (χ4n) is 5.32. The average Bonchev–Trinajstić information content (AvgIpc) is 2.50. The van der Waals surface area contributed by atoms with E-state index in [2.05, 4.69) is 40.7 Å². The Balaban J connectivity index is 2.14. The zero-order valence-electron chi connectivity index (χ0n) is 16.3. The highest BCUT2D eigenvalue weighted by Crippen LogP contribution is 2.59. The van der Waals surface area contributed by atoms with E-state index in [9.17, 15) is 9.59 Å². The fraction of sp³-hybridized carbons (Fsp3) is 0.810. The van der Waals surface area contributed by atoms with E-state index in [-0.39, 0.29) is 16.8 Å². The summed E-state index contributed by atoms with van der Waals surface area (Å²) in [5.41, 5.74) is 1.45. The number of esters is 1. The highest BCUT2D eigenvalue weighted by molar-refractivity contribution is 5.85. The van der Waals surface area contributed by atoms with Crippen molar-refractivity contribution in [3.05, 3.63) is 11.6 Å². The van der Waals surface area contributed by atoms with Gasteiger partial charge in [-0.3, -0.25) is 9.59 Å². The van der Waals surface area contributed by atoms with Crippen molar-refractivity contribution in [1.29, 1.82) is 0 Å². The maximum Gasteiger partial charge on any atom is 0.305 e. The quantitative estimate of drug-likeness (QED) is 0.528. The third-order valence-corrected chi connectivity index (χ3v) is 6.99. The first-order chi connectivity index (χ1) is 11.1. The van der Waals surface area contributed by atoms with Crippen LogP contribution in [0.25, 0.3) is 0 Å². The zero-order chi connectivity index (χ0) is 18.1. The predicted octanol–water partition coefficient (Wildman–Crippen LogP) is 4.94. The maximum atomic E-state index is 12.4. The lowest BCUT2D eigenvalue weighted by Crippen LogP contribution is -2.52. The topological polar surface area (TPSA) is 43.4 Å². The SMILES string of the molecule is COC(=O)C[C@H](C)CC[C@H]1C(C)=CC[C@H]2C(C)(C)C(=O)CC[C@]12C. The Morgan fingerprint density at radius 3 is 2.67 bits per heavy atom. The Morgan fingerprint density at radius 1 is 1.38 bits per heavy atom. The molecule has 0 aromatic carbocycles. The van der Waals surface area contributed by atoms with Crippen LogP contribution in [0, 0.1) is 28.6 Å². The van der Waals surface area contributed by atoms with Gasteiger partial charge in [0.25, 0.3) is 0 Å². The molecule has 24 heavy (non-hydrogen) atoms. The monoisotopic (exact) mass is 334 g/mol. The summed E-state index contributed by atoms with van der Waals surface area (Å²) in [6, 6.07) is 0. The van der Waals surface area contributed by atoms with Gasteiger partial charge in [-0.1, -0.05) is 39.3 Å². The van der Waals surface area contributed by atoms with E-state index in [1.807, 2.05) is 0 Å². The Kier molecular flexibility index (Phi) is 5.61. The van der Waals surface area contributed by atoms with Crippen molar-refractivity contribution >= 4 is 11.8 Å². The minimum Gasteiger partial charge on any atom is -0.469 e. The second kappa shape index (κ2) is 7.01. The summed E-state index contributed by atoms with van der Waals surface area (Å²) in [4.78, 5) is 23.9. The predicted molar refractivity (Wildman–Crippen MR) is 96.5 cm³/mol. The van der Waals surface area contributed by atoms with Crippen molar-refractivity contribution in [2.45, 2.75) is 73.1 Å². The van der Waals surface area contributed by atoms with Gasteiger partial charge < -0.3 is 4.74 Å². The fourth-order valence-corrected chi connectivity index (χ4v) is 5.32. The summed E-state index contributed by atoms with van der Waals surface area (Å²) < 4.78 is 4.79. The van der Waals surface area contributed by atoms with Crippen LogP contribution in [0.4, 0.5) is 0 Å². The third kappa shape index (κ3) is 3.45. The molecule has 4 atom stereocenters. The van der Waals surface area contributed by atoms with Gasteiger partial charge in [0.05, 0.1) is 7.11 Å². The number of carbonyl (C=O) groups excluding carboxylic acids is 2. The van der Waals surface area contributed by atoms with Crippen LogP contribution >= 0.6 is 0 Å². The van der Waals surface area contributed by atoms with E-state index in [0.717, 1.165) is 25.7 Å². The lowest BCUT2D eigenvalue weighted by molar-refractivity contribution is -0.144. The number of methoxy groups -OCH3 is 1. The molecule has 0 amide bonds. The molecule has 0 unspecified atom stereocenters. The van der Waals surface area contributed by atoms with Crippen LogP contribution in [0.3, 0.4) is 0 Å². The van der Waals surface area contributed by atoms with Crippen molar-refractivity contribution in [2.75, 3.05) is 7.11 Å². The lowest BCUT2D eigenvalue weighted by Gasteiger charge is -2.56. The molecule has 1 fully saturated rings. The molecular weight excluding hydrogens is 300 g/mol. The zero-order valence-corrected chi connectivity index (χ0v) is 16.3. The number of fused-ring (bicyclic) bond motifs is 1. The van der Waals surface area contributed by atoms with Gasteiger partial charge >= 0.3 is 5.97 Å². The molecule has 0 aromatic heterocycles. The van der Waals surface area contributed by atoms with Gasteiger partial charge in [-0.2, -0.15) is 0 Å². The third-order valence-electron chi connectivity index (χ3n) is 6.99. The first kappa shape index (κ1) is 19.2. The van der Waals surface area contributed by atoms with E-state index < -0.39 is 0 Å². The molecule has 2 rings (SSSR count). The number of hydrogen-bond acceptors (Lipinski definition) is 3. The van der Waals surface area contributed by atoms with Crippen LogP contribution in [0.5, 0.6) is 0 Å². The molecule has 136 valence electrons. The first-order valence-electron chi connectivity index (χ1n) is 9.39. The van der Waals surface area contributed by atoms with Gasteiger partial charge in [0, 0.05) is 18.3 Å². The molecule has 0 radical (unpaired) electrons. The molecule has 3 heteroatoms. The molecular formula is C21H34O3. The summed E-state index contributed by atoms with van der Waals surface area (Å²) in [6.07, 6.45) is 7.72. The standard InChI is InChI=1S/C21H34O3/c1-14(13-19(23)24-6)7-9-16-15(2)8-10-17-20(3,4)18(22)11-12-21(16,17)5/h8,14,16-17H,7,9-13H2,1-6H3/t14-,16+,17+,21-/m1/s1. The normalized spacial score (nSPS) is 33.4. The van der Waals surface area contributed by atoms with Gasteiger partial charge in [0.15, 0.2) is 0 Å². The first-order valence-corrected chi connectivity index (χ1v) is 9.39. The Hall–Kier alpha value is -1.12. The molecule has 0 N–H and O–H groups in total. The minimum atomic E-state index is -0.222. The van der Waals surface area contributed by atoms with E-state index in [1.165, 1.54) is 12.7 Å². The van der Waals surface area contributed by atoms with Crippen molar-refractivity contribution in [3.63, 3.8) is 0 Å². The Bertz CT molecular complexity index is 531. The van der Waals surface area contributed by atoms with Gasteiger partial charge in [-0.15, -0.1) is 0 Å². The molecule has 3 nitrogen and oxygen atoms in total. The molecule has 0 aliphatic heterocycles. The largest absolute Gasteiger partial charge is 0.469 e. The summed E-state index contributed by atoms with van der Waals surface area (Å²) >= 11 is 0. The molecule has 0 aromatic rings. The smallest absolute Gasteiger partial charge is 0.305 e. The van der Waals surface area contributed by atoms with Gasteiger partial charge in [-0.25, -0.2) is 0 Å². The summed E-state index contributed by atoms with van der Waals surface area (Å²) in [7, 11) is 1.45. The van der Waals surface area contributed by atoms with E-state index in [0.29, 0.717) is 36.4 Å². The Morgan fingerprint density at radius 2 is 2.04 bits per heavy atom. The van der Waals surface area contributed by atoms with E-state index >= 15 is 0 Å². The molecule has 0 heterocycles. The number of hydrogen-bond donors (Lipinski definition) is 0. The second-order valence-corrected chi connectivity index (χ2v) is 8.90. The number of carbonyl (C=O) groups is 2. The maximum absolute atomic E-state index is 12.4. The van der Waals surface area contributed by atoms with Gasteiger partial charge in [0.2, 0.25) is 0 Å². The van der Waals surface area contributed by atoms with Crippen LogP contribution in [0.2, 0.25) is 0 Å². The number of Topliss-reactive ketones (excluding diaryl/α,β-unsaturated/α-hetero) is 1. The second-order valence-electron chi connectivity index (χ2n) is 8.90. The molecule has 2 aliphatic rings. The van der Waals surface area contributed by atoms with Crippen LogP contribution in [0.1, 0.15) is 73.1 Å². The van der Waals surface area contributed by atoms with Gasteiger partial charge in [-0.05, 0) is 55.8 Å². The molecule has 1 saturated carbocycles. The summed E-state index contributed by atoms with van der Waals surface area (Å²) in [5.74, 6) is 1.59. The molecule has 2 aliphatic carbocycles. The molecule has 0 saturated heterocycles. The van der Waals surface area contributed by atoms with E-state index in [1.54, 1.807) is 0 Å². The Labute approximate surface area is 147 Å². The summed E-state index contributed by atoms with van der Waals surface area (Å²) in [6.45, 7) is 11.1. The highest BCUT2D eigenvalue weighted by Gasteiger charge is 2.54. The number of allylic oxidation sites excluding steroid dienone is 2. The van der Waals surface area contributed by atoms with Crippen molar-refractivity contribution < 1.29 is 14.3 Å². The van der Waals surface area contributed by atoms with Crippen LogP contribution < -0.4 is 0 Å². The molecule has 0 bridgehead atoms. The van der Waals surface area contributed by atoms with Crippen LogP contribution in [-0.4, -0.2) is 18.9 Å². The average molecular weight is 335 g/mol. The van der Waals surface area contributed by atoms with Crippen LogP contribution in [-0.2, 0) is 14.3 Å². The van der Waals surface area contributed by atoms with Crippen molar-refractivity contribution in [1.82, 2.24) is 0 Å². The summed E-state index contributed by atoms with van der Waals surface area (Å²) in [5, 5.41) is 0. The number of rotatable bonds is 5. The highest BCUT2D eigenvalue weighted by atomic mass is 16.5. The van der Waals surface area contributed by atoms with Gasteiger partial charge in [0.1, 0.15) is 5.78 Å².